The Morgan fingerprint density at radius 2 is 2.20 bits per heavy atom. The first-order valence-corrected chi connectivity index (χ1v) is 9.75. The van der Waals surface area contributed by atoms with E-state index in [9.17, 15) is 4.39 Å². The Bertz CT molecular complexity index is 466. The van der Waals surface area contributed by atoms with Crippen molar-refractivity contribution in [1.82, 2.24) is 5.32 Å². The van der Waals surface area contributed by atoms with Crippen molar-refractivity contribution >= 4 is 23.5 Å². The average Bonchev–Trinajstić information content (AvgIpc) is 2.49. The summed E-state index contributed by atoms with van der Waals surface area (Å²) in [6.45, 7) is 0. The summed E-state index contributed by atoms with van der Waals surface area (Å²) in [5.74, 6) is 0.967. The van der Waals surface area contributed by atoms with Crippen LogP contribution in [0.25, 0.3) is 0 Å². The predicted molar refractivity (Wildman–Crippen MR) is 87.2 cm³/mol. The van der Waals surface area contributed by atoms with E-state index in [1.165, 1.54) is 31.2 Å². The molecule has 1 aromatic rings. The van der Waals surface area contributed by atoms with Crippen LogP contribution in [-0.4, -0.2) is 23.3 Å². The molecule has 1 aromatic carbocycles. The number of hydrogen-bond acceptors (Lipinski definition) is 3. The van der Waals surface area contributed by atoms with Crippen LogP contribution in [0.2, 0.25) is 0 Å². The molecule has 20 heavy (non-hydrogen) atoms. The zero-order chi connectivity index (χ0) is 13.9. The first-order chi connectivity index (χ1) is 9.78. The van der Waals surface area contributed by atoms with Crippen LogP contribution in [0.5, 0.6) is 0 Å². The summed E-state index contributed by atoms with van der Waals surface area (Å²) in [4.78, 5) is 0.869. The fourth-order valence-electron chi connectivity index (χ4n) is 3.35. The van der Waals surface area contributed by atoms with Gasteiger partial charge in [-0.05, 0) is 49.3 Å². The number of hydrogen-bond donors (Lipinski definition) is 1. The van der Waals surface area contributed by atoms with E-state index in [-0.39, 0.29) is 5.82 Å². The molecule has 0 radical (unpaired) electrons. The highest BCUT2D eigenvalue weighted by molar-refractivity contribution is 7.99. The minimum atomic E-state index is -0.0513. The van der Waals surface area contributed by atoms with Gasteiger partial charge in [0.05, 0.1) is 0 Å². The third-order valence-electron chi connectivity index (χ3n) is 4.42. The van der Waals surface area contributed by atoms with Crippen LogP contribution in [0.15, 0.2) is 23.1 Å². The van der Waals surface area contributed by atoms with Gasteiger partial charge in [-0.1, -0.05) is 18.6 Å². The van der Waals surface area contributed by atoms with E-state index in [0.29, 0.717) is 12.1 Å². The summed E-state index contributed by atoms with van der Waals surface area (Å²) in [5, 5.41) is 4.61. The molecule has 1 aliphatic carbocycles. The maximum absolute atomic E-state index is 13.9. The van der Waals surface area contributed by atoms with E-state index in [0.717, 1.165) is 22.3 Å². The van der Waals surface area contributed by atoms with Gasteiger partial charge in [0, 0.05) is 22.2 Å². The van der Waals surface area contributed by atoms with Crippen LogP contribution in [-0.2, 0) is 0 Å². The Kier molecular flexibility index (Phi) is 4.95. The number of benzene rings is 1. The molecule has 1 heterocycles. The van der Waals surface area contributed by atoms with Crippen molar-refractivity contribution in [3.05, 3.63) is 29.6 Å². The Morgan fingerprint density at radius 1 is 1.30 bits per heavy atom. The molecule has 1 fully saturated rings. The van der Waals surface area contributed by atoms with Crippen molar-refractivity contribution in [3.8, 4) is 0 Å². The van der Waals surface area contributed by atoms with Crippen LogP contribution in [0.1, 0.15) is 43.7 Å². The number of thioether (sulfide) groups is 2. The van der Waals surface area contributed by atoms with Crippen molar-refractivity contribution in [2.45, 2.75) is 54.3 Å². The SMILES string of the molecule is CSC1CCCC(NC2CCSc3c(F)cccc32)C1. The van der Waals surface area contributed by atoms with Gasteiger partial charge >= 0.3 is 0 Å². The number of halogens is 1. The van der Waals surface area contributed by atoms with E-state index in [1.807, 2.05) is 17.8 Å². The lowest BCUT2D eigenvalue weighted by Crippen LogP contribution is -2.38. The molecule has 110 valence electrons. The zero-order valence-corrected chi connectivity index (χ0v) is 13.5. The summed E-state index contributed by atoms with van der Waals surface area (Å²) in [6.07, 6.45) is 8.53. The summed E-state index contributed by atoms with van der Waals surface area (Å²) in [5.41, 5.74) is 1.17. The minimum absolute atomic E-state index is 0.0513. The minimum Gasteiger partial charge on any atom is -0.307 e. The summed E-state index contributed by atoms with van der Waals surface area (Å²) in [6, 6.07) is 6.47. The fourth-order valence-corrected chi connectivity index (χ4v) is 5.32. The fraction of sp³-hybridized carbons (Fsp3) is 0.625. The third-order valence-corrected chi connectivity index (χ3v) is 6.68. The van der Waals surface area contributed by atoms with Crippen LogP contribution in [0.3, 0.4) is 0 Å². The van der Waals surface area contributed by atoms with Gasteiger partial charge in [-0.25, -0.2) is 4.39 Å². The lowest BCUT2D eigenvalue weighted by molar-refractivity contribution is 0.336. The molecule has 0 saturated heterocycles. The highest BCUT2D eigenvalue weighted by Crippen LogP contribution is 2.39. The van der Waals surface area contributed by atoms with Crippen molar-refractivity contribution in [2.75, 3.05) is 12.0 Å². The van der Waals surface area contributed by atoms with Gasteiger partial charge in [0.2, 0.25) is 0 Å². The molecule has 3 atom stereocenters. The predicted octanol–water partition coefficient (Wildman–Crippen LogP) is 4.63. The molecule has 2 aliphatic rings. The van der Waals surface area contributed by atoms with Gasteiger partial charge in [0.25, 0.3) is 0 Å². The highest BCUT2D eigenvalue weighted by atomic mass is 32.2. The molecule has 4 heteroatoms. The molecule has 0 aromatic heterocycles. The molecule has 0 amide bonds. The van der Waals surface area contributed by atoms with Crippen LogP contribution >= 0.6 is 23.5 Å². The van der Waals surface area contributed by atoms with Gasteiger partial charge in [0.15, 0.2) is 0 Å². The molecule has 1 aliphatic heterocycles. The van der Waals surface area contributed by atoms with Crippen LogP contribution in [0.4, 0.5) is 4.39 Å². The van der Waals surface area contributed by atoms with Gasteiger partial charge in [-0.15, -0.1) is 11.8 Å². The summed E-state index contributed by atoms with van der Waals surface area (Å²) < 4.78 is 13.9. The molecular formula is C16H22FNS2. The topological polar surface area (TPSA) is 12.0 Å². The van der Waals surface area contributed by atoms with E-state index >= 15 is 0 Å². The summed E-state index contributed by atoms with van der Waals surface area (Å²) in [7, 11) is 0. The van der Waals surface area contributed by atoms with Gasteiger partial charge < -0.3 is 5.32 Å². The molecular weight excluding hydrogens is 289 g/mol. The monoisotopic (exact) mass is 311 g/mol. The smallest absolute Gasteiger partial charge is 0.137 e. The molecule has 3 rings (SSSR count). The van der Waals surface area contributed by atoms with Gasteiger partial charge in [-0.3, -0.25) is 0 Å². The van der Waals surface area contributed by atoms with Crippen molar-refractivity contribution in [1.29, 1.82) is 0 Å². The molecule has 3 unspecified atom stereocenters. The van der Waals surface area contributed by atoms with Gasteiger partial charge in [0.1, 0.15) is 5.82 Å². The van der Waals surface area contributed by atoms with Crippen molar-refractivity contribution < 1.29 is 4.39 Å². The molecule has 1 N–H and O–H groups in total. The maximum atomic E-state index is 13.9. The number of rotatable bonds is 3. The van der Waals surface area contributed by atoms with Crippen LogP contribution in [0, 0.1) is 5.82 Å². The second kappa shape index (κ2) is 6.71. The van der Waals surface area contributed by atoms with Crippen molar-refractivity contribution in [3.63, 3.8) is 0 Å². The second-order valence-electron chi connectivity index (χ2n) is 5.74. The van der Waals surface area contributed by atoms with E-state index in [1.54, 1.807) is 17.8 Å². The lowest BCUT2D eigenvalue weighted by atomic mass is 9.93. The zero-order valence-electron chi connectivity index (χ0n) is 11.9. The largest absolute Gasteiger partial charge is 0.307 e. The van der Waals surface area contributed by atoms with E-state index < -0.39 is 0 Å². The molecule has 1 nitrogen and oxygen atoms in total. The Hall–Kier alpha value is -0.190. The lowest BCUT2D eigenvalue weighted by Gasteiger charge is -2.34. The maximum Gasteiger partial charge on any atom is 0.137 e. The van der Waals surface area contributed by atoms with E-state index in [4.69, 9.17) is 0 Å². The highest BCUT2D eigenvalue weighted by Gasteiger charge is 2.27. The molecule has 0 spiro atoms. The van der Waals surface area contributed by atoms with Gasteiger partial charge in [-0.2, -0.15) is 11.8 Å². The first kappa shape index (κ1) is 14.7. The Labute approximate surface area is 129 Å². The summed E-state index contributed by atoms with van der Waals surface area (Å²) >= 11 is 3.66. The third kappa shape index (κ3) is 3.18. The van der Waals surface area contributed by atoms with Crippen LogP contribution < -0.4 is 5.32 Å². The molecule has 1 saturated carbocycles. The normalized spacial score (nSPS) is 30.0. The Morgan fingerprint density at radius 3 is 3.05 bits per heavy atom. The standard InChI is InChI=1S/C16H22FNS2/c1-19-12-5-2-4-11(10-12)18-15-8-9-20-16-13(15)6-3-7-14(16)17/h3,6-7,11-12,15,18H,2,4-5,8-10H2,1H3. The number of nitrogens with one attached hydrogen (secondary N) is 1. The quantitative estimate of drug-likeness (QED) is 0.874. The average molecular weight is 311 g/mol. The second-order valence-corrected chi connectivity index (χ2v) is 7.98. The Balaban J connectivity index is 1.71. The van der Waals surface area contributed by atoms with E-state index in [2.05, 4.69) is 17.6 Å². The first-order valence-electron chi connectivity index (χ1n) is 7.48. The van der Waals surface area contributed by atoms with Crippen molar-refractivity contribution in [2.24, 2.45) is 0 Å². The number of fused-ring (bicyclic) bond motifs is 1. The molecule has 0 bridgehead atoms.